The van der Waals surface area contributed by atoms with E-state index in [9.17, 15) is 19.2 Å². The third-order valence-corrected chi connectivity index (χ3v) is 11.9. The van der Waals surface area contributed by atoms with Crippen LogP contribution in [0.4, 0.5) is 8.78 Å². The summed E-state index contributed by atoms with van der Waals surface area (Å²) < 4.78 is 43.0. The molecule has 0 aliphatic carbocycles. The topological polar surface area (TPSA) is 258 Å². The number of methoxy groups -OCH3 is 2. The molecule has 0 aliphatic rings. The number of hydrogen-bond donors (Lipinski definition) is 5. The lowest BCUT2D eigenvalue weighted by molar-refractivity contribution is 0.0591. The predicted molar refractivity (Wildman–Crippen MR) is 277 cm³/mol. The molecule has 75 heavy (non-hydrogen) atoms. The summed E-state index contributed by atoms with van der Waals surface area (Å²) in [5, 5.41) is 46.9. The number of aromatic nitrogens is 10. The van der Waals surface area contributed by atoms with Crippen LogP contribution in [0.1, 0.15) is 82.8 Å². The van der Waals surface area contributed by atoms with Gasteiger partial charge in [0.15, 0.2) is 11.6 Å². The number of esters is 2. The molecule has 8 aromatic rings. The Labute approximate surface area is 430 Å². The molecule has 0 radical (unpaired) electrons. The molecule has 21 heteroatoms. The molecule has 5 N–H and O–H groups in total. The fraction of sp³-hybridized carbons (Fsp3) is 0.296. The average molecular weight is 1030 g/mol. The number of nitrogens with one attached hydrogen (secondary N) is 3. The SMILES string of the molecule is CCCCc1cc(C(=O)OC)cc(=O)n1Cc1ccc(-c2ccccc2-c2nnn[nH]2)cc1F.CCCCc1cc(C(=O)OC)cc(=O)n1Cc1ccc(-c2ccccc2-c2nnn[nH]2)cc1F.OCCNCCO. The molecule has 0 saturated heterocycles. The van der Waals surface area contributed by atoms with Crippen LogP contribution in [0, 0.1) is 11.6 Å². The molecule has 4 heterocycles. The number of rotatable bonds is 20. The van der Waals surface area contributed by atoms with Crippen molar-refractivity contribution in [3.8, 4) is 45.0 Å². The first-order valence-electron chi connectivity index (χ1n) is 24.2. The monoisotopic (exact) mass is 1030 g/mol. The Morgan fingerprint density at radius 3 is 1.32 bits per heavy atom. The minimum atomic E-state index is -0.571. The van der Waals surface area contributed by atoms with Crippen molar-refractivity contribution >= 4 is 11.9 Å². The Hall–Kier alpha value is -8.40. The van der Waals surface area contributed by atoms with Gasteiger partial charge in [-0.3, -0.25) is 9.59 Å². The highest BCUT2D eigenvalue weighted by molar-refractivity contribution is 5.90. The van der Waals surface area contributed by atoms with E-state index in [2.05, 4.69) is 46.6 Å². The fourth-order valence-corrected chi connectivity index (χ4v) is 8.00. The lowest BCUT2D eigenvalue weighted by Gasteiger charge is -2.15. The lowest BCUT2D eigenvalue weighted by atomic mass is 9.98. The highest BCUT2D eigenvalue weighted by Crippen LogP contribution is 2.32. The van der Waals surface area contributed by atoms with Crippen LogP contribution in [0.15, 0.2) is 119 Å². The molecule has 392 valence electrons. The van der Waals surface area contributed by atoms with Crippen molar-refractivity contribution in [1.82, 2.24) is 55.7 Å². The van der Waals surface area contributed by atoms with E-state index in [0.717, 1.165) is 47.9 Å². The van der Waals surface area contributed by atoms with Crippen LogP contribution in [0.25, 0.3) is 45.0 Å². The van der Waals surface area contributed by atoms with Crippen molar-refractivity contribution in [2.75, 3.05) is 40.5 Å². The molecule has 0 amide bonds. The first-order chi connectivity index (χ1) is 36.4. The molecule has 0 aliphatic heterocycles. The standard InChI is InChI=1S/2C25H24FN5O3.C4H11NO2/c2*1-3-4-7-19-12-18(25(33)34-2)14-23(32)31(19)15-17-11-10-16(13-22(17)26)20-8-5-6-9-21(20)24-27-29-30-28-24;6-3-1-5-2-4-7/h2*5-6,8-14H,3-4,7,15H2,1-2H3,(H,27,28,29,30);5-7H,1-4H2. The number of pyridine rings is 2. The van der Waals surface area contributed by atoms with Crippen LogP contribution in [0.5, 0.6) is 0 Å². The van der Waals surface area contributed by atoms with Gasteiger partial charge in [0.1, 0.15) is 11.6 Å². The quantitative estimate of drug-likeness (QED) is 0.0399. The van der Waals surface area contributed by atoms with Gasteiger partial charge in [0.2, 0.25) is 0 Å². The van der Waals surface area contributed by atoms with E-state index in [4.69, 9.17) is 19.7 Å². The molecule has 0 saturated carbocycles. The third kappa shape index (κ3) is 14.9. The zero-order valence-electron chi connectivity index (χ0n) is 42.1. The number of aryl methyl sites for hydroxylation is 2. The molecule has 4 aromatic heterocycles. The summed E-state index contributed by atoms with van der Waals surface area (Å²) in [7, 11) is 2.54. The smallest absolute Gasteiger partial charge is 0.338 e. The van der Waals surface area contributed by atoms with E-state index in [1.165, 1.54) is 47.6 Å². The summed E-state index contributed by atoms with van der Waals surface area (Å²) >= 11 is 0. The van der Waals surface area contributed by atoms with E-state index in [1.54, 1.807) is 36.4 Å². The van der Waals surface area contributed by atoms with Crippen LogP contribution >= 0.6 is 0 Å². The number of hydrogen-bond acceptors (Lipinski definition) is 15. The third-order valence-electron chi connectivity index (χ3n) is 11.9. The number of nitrogens with zero attached hydrogens (tertiary/aromatic N) is 8. The number of aliphatic hydroxyl groups excluding tert-OH is 2. The van der Waals surface area contributed by atoms with Gasteiger partial charge >= 0.3 is 11.9 Å². The number of carbonyl (C=O) groups excluding carboxylic acids is 2. The van der Waals surface area contributed by atoms with Crippen molar-refractivity contribution < 1.29 is 38.1 Å². The number of aromatic amines is 2. The summed E-state index contributed by atoms with van der Waals surface area (Å²) in [6.07, 6.45) is 4.68. The number of tetrazole rings is 2. The molecule has 0 bridgehead atoms. The van der Waals surface area contributed by atoms with Crippen LogP contribution in [-0.2, 0) is 35.4 Å². The second-order valence-electron chi connectivity index (χ2n) is 16.9. The Kier molecular flexibility index (Phi) is 21.0. The summed E-state index contributed by atoms with van der Waals surface area (Å²) in [5.41, 5.74) is 6.08. The number of unbranched alkanes of at least 4 members (excludes halogenated alkanes) is 2. The maximum atomic E-state index is 15.2. The number of H-pyrrole nitrogens is 2. The fourth-order valence-electron chi connectivity index (χ4n) is 8.00. The average Bonchev–Trinajstić information content (AvgIpc) is 4.19. The van der Waals surface area contributed by atoms with Gasteiger partial charge in [-0.25, -0.2) is 28.6 Å². The van der Waals surface area contributed by atoms with Gasteiger partial charge in [0.25, 0.3) is 11.1 Å². The van der Waals surface area contributed by atoms with Gasteiger partial charge in [-0.2, -0.15) is 0 Å². The highest BCUT2D eigenvalue weighted by Gasteiger charge is 2.19. The number of benzene rings is 4. The molecular formula is C54H59F2N11O8. The minimum Gasteiger partial charge on any atom is -0.465 e. The van der Waals surface area contributed by atoms with Gasteiger partial charge in [0.05, 0.1) is 51.6 Å². The van der Waals surface area contributed by atoms with Gasteiger partial charge in [-0.1, -0.05) is 99.5 Å². The number of ether oxygens (including phenoxy) is 2. The molecular weight excluding hydrogens is 969 g/mol. The van der Waals surface area contributed by atoms with Crippen LogP contribution in [0.2, 0.25) is 0 Å². The van der Waals surface area contributed by atoms with Crippen molar-refractivity contribution in [1.29, 1.82) is 0 Å². The van der Waals surface area contributed by atoms with Crippen molar-refractivity contribution in [3.63, 3.8) is 0 Å². The Morgan fingerprint density at radius 2 is 0.987 bits per heavy atom. The first-order valence-corrected chi connectivity index (χ1v) is 24.2. The minimum absolute atomic E-state index is 0.0547. The summed E-state index contributed by atoms with van der Waals surface area (Å²) in [5.74, 6) is -1.05. The van der Waals surface area contributed by atoms with Crippen molar-refractivity contribution in [2.24, 2.45) is 0 Å². The first kappa shape index (κ1) is 55.9. The van der Waals surface area contributed by atoms with Gasteiger partial charge < -0.3 is 34.1 Å². The summed E-state index contributed by atoms with van der Waals surface area (Å²) in [4.78, 5) is 49.6. The van der Waals surface area contributed by atoms with Crippen LogP contribution in [-0.4, -0.2) is 113 Å². The number of halogens is 2. The zero-order chi connectivity index (χ0) is 53.7. The molecule has 0 fully saturated rings. The lowest BCUT2D eigenvalue weighted by Crippen LogP contribution is -2.26. The second kappa shape index (κ2) is 28.2. The number of aliphatic hydroxyl groups is 2. The normalized spacial score (nSPS) is 10.8. The van der Waals surface area contributed by atoms with E-state index in [1.807, 2.05) is 62.4 Å². The van der Waals surface area contributed by atoms with E-state index in [0.29, 0.717) is 71.2 Å². The summed E-state index contributed by atoms with van der Waals surface area (Å²) in [6, 6.07) is 30.5. The second-order valence-corrected chi connectivity index (χ2v) is 16.9. The summed E-state index contributed by atoms with van der Waals surface area (Å²) in [6.45, 7) is 5.61. The van der Waals surface area contributed by atoms with Crippen LogP contribution in [0.3, 0.4) is 0 Å². The van der Waals surface area contributed by atoms with Gasteiger partial charge in [-0.05, 0) is 93.1 Å². The molecule has 0 unspecified atom stereocenters. The van der Waals surface area contributed by atoms with E-state index in [-0.39, 0.29) is 48.5 Å². The van der Waals surface area contributed by atoms with Crippen LogP contribution < -0.4 is 16.4 Å². The van der Waals surface area contributed by atoms with E-state index >= 15 is 8.78 Å². The maximum Gasteiger partial charge on any atom is 0.338 e. The Bertz CT molecular complexity index is 3040. The molecule has 0 atom stereocenters. The van der Waals surface area contributed by atoms with Crippen molar-refractivity contribution in [3.05, 3.63) is 175 Å². The van der Waals surface area contributed by atoms with Crippen molar-refractivity contribution in [2.45, 2.75) is 65.5 Å². The highest BCUT2D eigenvalue weighted by atomic mass is 19.1. The van der Waals surface area contributed by atoms with Gasteiger partial charge in [0, 0.05) is 58.9 Å². The largest absolute Gasteiger partial charge is 0.465 e. The Morgan fingerprint density at radius 1 is 0.587 bits per heavy atom. The molecule has 19 nitrogen and oxygen atoms in total. The predicted octanol–water partition coefficient (Wildman–Crippen LogP) is 6.58. The Balaban J connectivity index is 0.000000216. The maximum absolute atomic E-state index is 15.2. The number of carbonyl (C=O) groups is 2. The molecule has 8 rings (SSSR count). The molecule has 4 aromatic carbocycles. The van der Waals surface area contributed by atoms with Gasteiger partial charge in [-0.15, -0.1) is 10.2 Å². The zero-order valence-corrected chi connectivity index (χ0v) is 42.1. The molecule has 0 spiro atoms. The van der Waals surface area contributed by atoms with E-state index < -0.39 is 23.6 Å².